The van der Waals surface area contributed by atoms with Crippen molar-refractivity contribution in [2.24, 2.45) is 0 Å². The van der Waals surface area contributed by atoms with Crippen molar-refractivity contribution in [3.63, 3.8) is 0 Å². The number of rotatable bonds is 0. The zero-order valence-corrected chi connectivity index (χ0v) is 15.5. The average molecular weight is 1030 g/mol. The Bertz CT molecular complexity index is 6.04. The molecular weight excluding hydrogens is 1030 g/mol. The summed E-state index contributed by atoms with van der Waals surface area (Å²) in [6.07, 6.45) is 0. The van der Waals surface area contributed by atoms with Gasteiger partial charge in [-0.2, -0.15) is 0 Å². The van der Waals surface area contributed by atoms with Crippen molar-refractivity contribution in [2.75, 3.05) is 0 Å². The molecule has 0 bridgehead atoms. The Morgan fingerprint density at radius 3 is 0.286 bits per heavy atom. The smallest absolute Gasteiger partial charge is 0 e. The van der Waals surface area contributed by atoms with Gasteiger partial charge in [0.2, 0.25) is 0 Å². The SMILES string of the molecule is [Dy].[Dy].[Dy].[Dy].[Dy].[Pd].[Pd]. The van der Waals surface area contributed by atoms with Crippen molar-refractivity contribution in [3.8, 4) is 0 Å². The number of hydrogen-bond acceptors (Lipinski definition) is 0. The van der Waals surface area contributed by atoms with Crippen molar-refractivity contribution >= 4 is 0 Å². The Kier molecular flexibility index (Phi) is 248. The molecule has 0 heterocycles. The van der Waals surface area contributed by atoms with Crippen LogP contribution in [0, 0.1) is 191 Å². The Morgan fingerprint density at radius 1 is 0.286 bits per heavy atom. The maximum absolute atomic E-state index is 0. The maximum Gasteiger partial charge on any atom is 0 e. The van der Waals surface area contributed by atoms with Gasteiger partial charge in [0.25, 0.3) is 0 Å². The molecule has 0 atom stereocenters. The van der Waals surface area contributed by atoms with Gasteiger partial charge in [0.1, 0.15) is 0 Å². The third kappa shape index (κ3) is 31.6. The predicted octanol–water partition coefficient (Wildman–Crippen LogP) is -0.00500. The molecular formula is Dy5Pd2. The standard InChI is InChI=1S/5Dy.2Pd. The van der Waals surface area contributed by atoms with E-state index >= 15 is 0 Å². The van der Waals surface area contributed by atoms with Gasteiger partial charge in [0, 0.05) is 232 Å². The van der Waals surface area contributed by atoms with E-state index in [1.807, 2.05) is 0 Å². The molecule has 0 aromatic rings. The van der Waals surface area contributed by atoms with Crippen LogP contribution in [0.15, 0.2) is 0 Å². The van der Waals surface area contributed by atoms with E-state index in [1.165, 1.54) is 0 Å². The minimum absolute atomic E-state index is 0. The van der Waals surface area contributed by atoms with E-state index in [0.717, 1.165) is 0 Å². The molecule has 0 saturated carbocycles. The predicted molar refractivity (Wildman–Crippen MR) is 0 cm³/mol. The third-order valence-corrected chi connectivity index (χ3v) is 0. The van der Waals surface area contributed by atoms with Crippen LogP contribution in [0.25, 0.3) is 0 Å². The summed E-state index contributed by atoms with van der Waals surface area (Å²) >= 11 is 0. The fourth-order valence-corrected chi connectivity index (χ4v) is 0. The maximum atomic E-state index is 0. The quantitative estimate of drug-likeness (QED) is 0.301. The van der Waals surface area contributed by atoms with E-state index < -0.39 is 0 Å². The monoisotopic (exact) mass is 1030 g/mol. The number of hydrogen-bond donors (Lipinski definition) is 0. The van der Waals surface area contributed by atoms with E-state index in [2.05, 4.69) is 0 Å². The minimum Gasteiger partial charge on any atom is 0 e. The molecule has 0 aliphatic carbocycles. The summed E-state index contributed by atoms with van der Waals surface area (Å²) in [5.41, 5.74) is 0. The van der Waals surface area contributed by atoms with Gasteiger partial charge < -0.3 is 0 Å². The van der Waals surface area contributed by atoms with Crippen LogP contribution in [0.1, 0.15) is 0 Å². The molecule has 0 amide bonds. The van der Waals surface area contributed by atoms with E-state index in [4.69, 9.17) is 0 Å². The van der Waals surface area contributed by atoms with E-state index in [9.17, 15) is 0 Å². The first-order chi connectivity index (χ1) is 0. The normalized spacial score (nSPS) is 0. The minimum atomic E-state index is 0. The van der Waals surface area contributed by atoms with Gasteiger partial charge in [-0.3, -0.25) is 0 Å². The van der Waals surface area contributed by atoms with Crippen molar-refractivity contribution in [1.82, 2.24) is 0 Å². The molecule has 0 unspecified atom stereocenters. The van der Waals surface area contributed by atoms with Crippen LogP contribution < -0.4 is 0 Å². The molecule has 0 nitrogen and oxygen atoms in total. The third-order valence-electron chi connectivity index (χ3n) is 0. The van der Waals surface area contributed by atoms with Gasteiger partial charge in [0.15, 0.2) is 0 Å². The first-order valence-electron chi connectivity index (χ1n) is 0. The first-order valence-corrected chi connectivity index (χ1v) is 0. The summed E-state index contributed by atoms with van der Waals surface area (Å²) in [5.74, 6) is 0. The largest absolute Gasteiger partial charge is 0 e. The van der Waals surface area contributed by atoms with Gasteiger partial charge >= 0.3 is 0 Å². The molecule has 0 rings (SSSR count). The van der Waals surface area contributed by atoms with Crippen molar-refractivity contribution in [1.29, 1.82) is 0 Å². The zero-order chi connectivity index (χ0) is 0. The van der Waals surface area contributed by atoms with Crippen molar-refractivity contribution in [2.45, 2.75) is 0 Å². The van der Waals surface area contributed by atoms with E-state index in [-0.39, 0.29) is 232 Å². The van der Waals surface area contributed by atoms with Crippen LogP contribution >= 0.6 is 0 Å². The molecule has 70 valence electrons. The van der Waals surface area contributed by atoms with Crippen LogP contribution in [0.3, 0.4) is 0 Å². The molecule has 0 N–H and O–H groups in total. The molecule has 0 radical (unpaired) electrons. The van der Waals surface area contributed by atoms with Gasteiger partial charge in [0.05, 0.1) is 0 Å². The van der Waals surface area contributed by atoms with E-state index in [0.29, 0.717) is 0 Å². The fourth-order valence-electron chi connectivity index (χ4n) is 0. The molecule has 0 fully saturated rings. The Hall–Kier alpha value is 7.69. The molecule has 0 aliphatic rings. The molecule has 0 aromatic heterocycles. The molecule has 0 spiro atoms. The van der Waals surface area contributed by atoms with E-state index in [1.54, 1.807) is 0 Å². The second-order valence-electron chi connectivity index (χ2n) is 0. The van der Waals surface area contributed by atoms with Crippen LogP contribution in [-0.4, -0.2) is 0 Å². The summed E-state index contributed by atoms with van der Waals surface area (Å²) in [7, 11) is 0. The van der Waals surface area contributed by atoms with Crippen molar-refractivity contribution in [3.05, 3.63) is 0 Å². The summed E-state index contributed by atoms with van der Waals surface area (Å²) < 4.78 is 0. The van der Waals surface area contributed by atoms with Gasteiger partial charge in [-0.05, 0) is 0 Å². The Morgan fingerprint density at radius 2 is 0.286 bits per heavy atom. The summed E-state index contributed by atoms with van der Waals surface area (Å²) in [6, 6.07) is 0. The molecule has 7 heteroatoms. The molecule has 7 heavy (non-hydrogen) atoms. The molecule has 0 aliphatic heterocycles. The van der Waals surface area contributed by atoms with Crippen LogP contribution in [0.5, 0.6) is 0 Å². The van der Waals surface area contributed by atoms with Gasteiger partial charge in [-0.15, -0.1) is 0 Å². The second kappa shape index (κ2) is 37.3. The fraction of sp³-hybridized carbons (Fsp3) is 0. The summed E-state index contributed by atoms with van der Waals surface area (Å²) in [5, 5.41) is 0. The molecule has 0 aromatic carbocycles. The Balaban J connectivity index is 0. The van der Waals surface area contributed by atoms with Gasteiger partial charge in [-0.25, -0.2) is 0 Å². The van der Waals surface area contributed by atoms with Crippen LogP contribution in [0.2, 0.25) is 0 Å². The zero-order valence-electron chi connectivity index (χ0n) is 2.21. The van der Waals surface area contributed by atoms with Crippen LogP contribution in [-0.2, 0) is 40.8 Å². The van der Waals surface area contributed by atoms with Crippen LogP contribution in [0.4, 0.5) is 0 Å². The average Bonchev–Trinajstić information content (AvgIpc) is 0. The first kappa shape index (κ1) is 46.6. The topological polar surface area (TPSA) is 0 Å². The van der Waals surface area contributed by atoms with Gasteiger partial charge in [-0.1, -0.05) is 0 Å². The second-order valence-corrected chi connectivity index (χ2v) is 0. The summed E-state index contributed by atoms with van der Waals surface area (Å²) in [6.45, 7) is 0. The molecule has 0 saturated heterocycles. The Labute approximate surface area is 224 Å². The van der Waals surface area contributed by atoms with Crippen molar-refractivity contribution < 1.29 is 232 Å². The summed E-state index contributed by atoms with van der Waals surface area (Å²) in [4.78, 5) is 0.